The molecular formula is C17H24N2O2. The molecule has 0 heterocycles. The molecule has 4 nitrogen and oxygen atoms in total. The van der Waals surface area contributed by atoms with Crippen molar-refractivity contribution in [2.24, 2.45) is 16.4 Å². The number of carbonyl (C=O) groups is 2. The molecule has 0 atom stereocenters. The number of Topliss-reactive ketones (excluding diaryl/α,β-unsaturated/α-hetero) is 1. The molecule has 0 unspecified atom stereocenters. The van der Waals surface area contributed by atoms with E-state index >= 15 is 0 Å². The number of carbonyl (C=O) groups excluding carboxylic acids is 2. The second kappa shape index (κ2) is 7.16. The largest absolute Gasteiger partial charge is 0.299 e. The molecule has 1 amide bonds. The van der Waals surface area contributed by atoms with Gasteiger partial charge in [-0.15, -0.1) is 0 Å². The van der Waals surface area contributed by atoms with Gasteiger partial charge in [0.2, 0.25) is 0 Å². The van der Waals surface area contributed by atoms with Crippen LogP contribution in [0, 0.1) is 11.3 Å². The van der Waals surface area contributed by atoms with Crippen LogP contribution in [0.15, 0.2) is 35.4 Å². The van der Waals surface area contributed by atoms with Gasteiger partial charge in [-0.1, -0.05) is 52.8 Å². The van der Waals surface area contributed by atoms with Gasteiger partial charge in [0, 0.05) is 23.1 Å². The first-order valence-corrected chi connectivity index (χ1v) is 7.17. The fraction of sp³-hybridized carbons (Fsp3) is 0.471. The molecule has 0 saturated heterocycles. The number of hydrogen-bond donors (Lipinski definition) is 1. The molecular weight excluding hydrogens is 264 g/mol. The summed E-state index contributed by atoms with van der Waals surface area (Å²) in [5.41, 5.74) is 3.37. The van der Waals surface area contributed by atoms with E-state index in [4.69, 9.17) is 0 Å². The Balaban J connectivity index is 2.78. The summed E-state index contributed by atoms with van der Waals surface area (Å²) in [5, 5.41) is 4.15. The maximum Gasteiger partial charge on any atom is 0.271 e. The van der Waals surface area contributed by atoms with E-state index < -0.39 is 5.41 Å². The lowest BCUT2D eigenvalue weighted by atomic mass is 9.86. The Morgan fingerprint density at radius 2 is 1.71 bits per heavy atom. The van der Waals surface area contributed by atoms with Gasteiger partial charge in [-0.25, -0.2) is 5.43 Å². The zero-order valence-corrected chi connectivity index (χ0v) is 13.4. The highest BCUT2D eigenvalue weighted by Crippen LogP contribution is 2.18. The van der Waals surface area contributed by atoms with E-state index in [-0.39, 0.29) is 24.0 Å². The third-order valence-electron chi connectivity index (χ3n) is 3.18. The van der Waals surface area contributed by atoms with E-state index in [2.05, 4.69) is 10.5 Å². The van der Waals surface area contributed by atoms with Crippen molar-refractivity contribution >= 4 is 17.4 Å². The van der Waals surface area contributed by atoms with Crippen LogP contribution in [-0.4, -0.2) is 17.4 Å². The summed E-state index contributed by atoms with van der Waals surface area (Å²) in [6, 6.07) is 8.89. The minimum absolute atomic E-state index is 0.104. The zero-order chi connectivity index (χ0) is 16.0. The Hall–Kier alpha value is -1.97. The average molecular weight is 288 g/mol. The molecule has 0 spiro atoms. The third kappa shape index (κ3) is 5.50. The van der Waals surface area contributed by atoms with E-state index in [1.54, 1.807) is 24.3 Å². The Bertz CT molecular complexity index is 525. The van der Waals surface area contributed by atoms with E-state index in [1.165, 1.54) is 0 Å². The normalized spacial score (nSPS) is 12.4. The maximum absolute atomic E-state index is 12.1. The minimum atomic E-state index is -0.404. The molecule has 0 bridgehead atoms. The van der Waals surface area contributed by atoms with E-state index in [0.29, 0.717) is 11.3 Å². The van der Waals surface area contributed by atoms with Crippen LogP contribution in [0.1, 0.15) is 51.4 Å². The van der Waals surface area contributed by atoms with Crippen LogP contribution in [0.4, 0.5) is 0 Å². The van der Waals surface area contributed by atoms with Crippen LogP contribution in [-0.2, 0) is 4.79 Å². The van der Waals surface area contributed by atoms with E-state index in [1.807, 2.05) is 40.7 Å². The molecule has 0 aliphatic rings. The lowest BCUT2D eigenvalue weighted by Crippen LogP contribution is -2.27. The second-order valence-corrected chi connectivity index (χ2v) is 6.41. The van der Waals surface area contributed by atoms with Gasteiger partial charge in [-0.2, -0.15) is 5.10 Å². The van der Waals surface area contributed by atoms with Gasteiger partial charge in [0.1, 0.15) is 5.78 Å². The van der Waals surface area contributed by atoms with Crippen LogP contribution in [0.3, 0.4) is 0 Å². The van der Waals surface area contributed by atoms with Gasteiger partial charge < -0.3 is 0 Å². The van der Waals surface area contributed by atoms with Gasteiger partial charge in [-0.05, 0) is 18.1 Å². The van der Waals surface area contributed by atoms with Crippen LogP contribution in [0.5, 0.6) is 0 Å². The number of nitrogens with one attached hydrogen (secondary N) is 1. The lowest BCUT2D eigenvalue weighted by molar-refractivity contribution is -0.125. The van der Waals surface area contributed by atoms with Gasteiger partial charge in [0.15, 0.2) is 0 Å². The SMILES string of the molecule is CC(C)C(CC(=O)C(C)(C)C)=NNC(=O)c1ccccc1. The second-order valence-electron chi connectivity index (χ2n) is 6.41. The molecule has 1 N–H and O–H groups in total. The highest BCUT2D eigenvalue weighted by molar-refractivity contribution is 6.05. The molecule has 114 valence electrons. The highest BCUT2D eigenvalue weighted by Gasteiger charge is 2.23. The quantitative estimate of drug-likeness (QED) is 0.666. The summed E-state index contributed by atoms with van der Waals surface area (Å²) in [6.45, 7) is 9.58. The van der Waals surface area contributed by atoms with Crippen molar-refractivity contribution in [2.45, 2.75) is 41.0 Å². The number of amides is 1. The van der Waals surface area contributed by atoms with Gasteiger partial charge >= 0.3 is 0 Å². The molecule has 0 fully saturated rings. The van der Waals surface area contributed by atoms with Crippen LogP contribution in [0.2, 0.25) is 0 Å². The fourth-order valence-electron chi connectivity index (χ4n) is 1.58. The minimum Gasteiger partial charge on any atom is -0.299 e. The predicted molar refractivity (Wildman–Crippen MR) is 85.3 cm³/mol. The summed E-state index contributed by atoms with van der Waals surface area (Å²) in [6.07, 6.45) is 0.260. The average Bonchev–Trinajstić information content (AvgIpc) is 2.42. The van der Waals surface area contributed by atoms with Gasteiger partial charge in [0.25, 0.3) is 5.91 Å². The molecule has 21 heavy (non-hydrogen) atoms. The zero-order valence-electron chi connectivity index (χ0n) is 13.4. The molecule has 1 aromatic rings. The summed E-state index contributed by atoms with van der Waals surface area (Å²) in [4.78, 5) is 24.1. The van der Waals surface area contributed by atoms with Crippen LogP contribution >= 0.6 is 0 Å². The summed E-state index contributed by atoms with van der Waals surface area (Å²) >= 11 is 0. The number of hydrogen-bond acceptors (Lipinski definition) is 3. The van der Waals surface area contributed by atoms with Gasteiger partial charge in [-0.3, -0.25) is 9.59 Å². The Kier molecular flexibility index (Phi) is 5.82. The standard InChI is InChI=1S/C17H24N2O2/c1-12(2)14(11-15(20)17(3,4)5)18-19-16(21)13-9-7-6-8-10-13/h6-10,12H,11H2,1-5H3,(H,19,21). The van der Waals surface area contributed by atoms with Crippen molar-refractivity contribution < 1.29 is 9.59 Å². The monoisotopic (exact) mass is 288 g/mol. The maximum atomic E-state index is 12.1. The summed E-state index contributed by atoms with van der Waals surface area (Å²) < 4.78 is 0. The predicted octanol–water partition coefficient (Wildman–Crippen LogP) is 3.43. The topological polar surface area (TPSA) is 58.5 Å². The van der Waals surface area contributed by atoms with Gasteiger partial charge in [0.05, 0.1) is 0 Å². The lowest BCUT2D eigenvalue weighted by Gasteiger charge is -2.18. The van der Waals surface area contributed by atoms with Crippen LogP contribution < -0.4 is 5.43 Å². The summed E-state index contributed by atoms with van der Waals surface area (Å²) in [7, 11) is 0. The molecule has 1 aromatic carbocycles. The van der Waals surface area contributed by atoms with Crippen molar-refractivity contribution in [1.29, 1.82) is 0 Å². The molecule has 0 aliphatic carbocycles. The number of rotatable bonds is 5. The first-order valence-electron chi connectivity index (χ1n) is 7.17. The van der Waals surface area contributed by atoms with Crippen molar-refractivity contribution in [3.63, 3.8) is 0 Å². The number of ketones is 1. The molecule has 1 rings (SSSR count). The Morgan fingerprint density at radius 1 is 1.14 bits per heavy atom. The summed E-state index contributed by atoms with van der Waals surface area (Å²) in [5.74, 6) is -0.0479. The highest BCUT2D eigenvalue weighted by atomic mass is 16.2. The smallest absolute Gasteiger partial charge is 0.271 e. The Morgan fingerprint density at radius 3 is 2.19 bits per heavy atom. The molecule has 0 aliphatic heterocycles. The number of nitrogens with zero attached hydrogens (tertiary/aromatic N) is 1. The number of hydrazone groups is 1. The molecule has 0 radical (unpaired) electrons. The number of benzene rings is 1. The molecule has 0 aromatic heterocycles. The van der Waals surface area contributed by atoms with E-state index in [0.717, 1.165) is 0 Å². The fourth-order valence-corrected chi connectivity index (χ4v) is 1.58. The molecule has 4 heteroatoms. The first kappa shape index (κ1) is 17.1. The van der Waals surface area contributed by atoms with Crippen molar-refractivity contribution in [1.82, 2.24) is 5.43 Å². The van der Waals surface area contributed by atoms with Crippen molar-refractivity contribution in [3.8, 4) is 0 Å². The van der Waals surface area contributed by atoms with E-state index in [9.17, 15) is 9.59 Å². The third-order valence-corrected chi connectivity index (χ3v) is 3.18. The first-order chi connectivity index (χ1) is 9.71. The van der Waals surface area contributed by atoms with Crippen molar-refractivity contribution in [3.05, 3.63) is 35.9 Å². The molecule has 0 saturated carbocycles. The van der Waals surface area contributed by atoms with Crippen LogP contribution in [0.25, 0.3) is 0 Å². The van der Waals surface area contributed by atoms with Crippen molar-refractivity contribution in [2.75, 3.05) is 0 Å². The Labute approximate surface area is 126 Å².